The number of hydrogen-bond donors (Lipinski definition) is 1. The van der Waals surface area contributed by atoms with E-state index in [1.54, 1.807) is 0 Å². The van der Waals surface area contributed by atoms with E-state index in [-0.39, 0.29) is 21.3 Å². The van der Waals surface area contributed by atoms with Crippen LogP contribution < -0.4 is 5.73 Å². The van der Waals surface area contributed by atoms with Gasteiger partial charge in [0.15, 0.2) is 16.6 Å². The second-order valence-corrected chi connectivity index (χ2v) is 23.5. The topological polar surface area (TPSA) is 53.7 Å². The predicted octanol–water partition coefficient (Wildman–Crippen LogP) is 7.48. The Morgan fingerprint density at radius 3 is 1.58 bits per heavy atom. The van der Waals surface area contributed by atoms with E-state index in [1.165, 1.54) is 5.56 Å². The normalized spacial score (nSPS) is 28.8. The summed E-state index contributed by atoms with van der Waals surface area (Å²) < 4.78 is 20.6. The van der Waals surface area contributed by atoms with Crippen molar-refractivity contribution in [2.24, 2.45) is 0 Å². The molecule has 2 bridgehead atoms. The molecule has 3 rings (SSSR count). The van der Waals surface area contributed by atoms with Crippen molar-refractivity contribution in [1.82, 2.24) is 0 Å². The molecule has 6 heteroatoms. The van der Waals surface area contributed by atoms with Gasteiger partial charge in [-0.25, -0.2) is 0 Å². The summed E-state index contributed by atoms with van der Waals surface area (Å²) in [7, 11) is -3.72. The molecule has 33 heavy (non-hydrogen) atoms. The van der Waals surface area contributed by atoms with Crippen LogP contribution >= 0.6 is 0 Å². The zero-order valence-electron chi connectivity index (χ0n) is 22.9. The molecular weight excluding hydrogens is 442 g/mol. The highest BCUT2D eigenvalue weighted by Gasteiger charge is 2.57. The summed E-state index contributed by atoms with van der Waals surface area (Å²) in [6.45, 7) is 24.6. The van der Waals surface area contributed by atoms with Gasteiger partial charge in [0.05, 0.1) is 24.4 Å². The second kappa shape index (κ2) is 8.77. The molecule has 0 radical (unpaired) electrons. The van der Waals surface area contributed by atoms with Crippen molar-refractivity contribution in [2.75, 3.05) is 18.9 Å². The highest BCUT2D eigenvalue weighted by molar-refractivity contribution is 6.74. The fraction of sp³-hybridized carbons (Fsp3) is 0.778. The molecule has 1 aromatic carbocycles. The molecule has 3 atom stereocenters. The third-order valence-corrected chi connectivity index (χ3v) is 18.1. The number of hydrogen-bond acceptors (Lipinski definition) is 4. The van der Waals surface area contributed by atoms with Crippen LogP contribution in [0.15, 0.2) is 24.3 Å². The summed E-state index contributed by atoms with van der Waals surface area (Å²) in [5.41, 5.74) is 7.72. The van der Waals surface area contributed by atoms with Crippen molar-refractivity contribution < 1.29 is 13.6 Å². The summed E-state index contributed by atoms with van der Waals surface area (Å²) in [5, 5.41) is 0.381. The maximum Gasteiger partial charge on any atom is 0.192 e. The van der Waals surface area contributed by atoms with Crippen molar-refractivity contribution >= 4 is 22.3 Å². The van der Waals surface area contributed by atoms with Gasteiger partial charge in [0.2, 0.25) is 0 Å². The Hall–Kier alpha value is -0.666. The van der Waals surface area contributed by atoms with Gasteiger partial charge in [0, 0.05) is 5.69 Å². The Balaban J connectivity index is 1.86. The summed E-state index contributed by atoms with van der Waals surface area (Å²) >= 11 is 0. The van der Waals surface area contributed by atoms with E-state index >= 15 is 0 Å². The number of nitrogens with two attached hydrogens (primary N) is 1. The number of nitrogen functional groups attached to an aromatic ring is 1. The van der Waals surface area contributed by atoms with E-state index in [1.807, 2.05) is 12.1 Å². The quantitative estimate of drug-likeness (QED) is 0.317. The molecule has 1 aromatic rings. The third-order valence-electron chi connectivity index (χ3n) is 9.12. The van der Waals surface area contributed by atoms with Crippen LogP contribution in [0.3, 0.4) is 0 Å². The average Bonchev–Trinajstić information content (AvgIpc) is 2.95. The molecule has 0 saturated carbocycles. The first kappa shape index (κ1) is 26.9. The van der Waals surface area contributed by atoms with Crippen LogP contribution in [-0.2, 0) is 13.6 Å². The van der Waals surface area contributed by atoms with Crippen LogP contribution in [0.2, 0.25) is 36.3 Å². The standard InChI is InChI=1S/C27H49NO3Si2/c1-24(2,3)32(7,8)29-19-26-15-16-27(31-26,20-30-33(9,10)25(4,5)6)18-22(17-26)21-11-13-23(28)14-12-21/h11-14,22H,15-20,28H2,1-10H3/t22?,26-,27+. The Kier molecular flexibility index (Phi) is 7.16. The lowest BCUT2D eigenvalue weighted by Gasteiger charge is -2.47. The fourth-order valence-electron chi connectivity index (χ4n) is 4.66. The molecule has 4 nitrogen and oxygen atoms in total. The molecule has 2 aliphatic rings. The number of benzene rings is 1. The van der Waals surface area contributed by atoms with Gasteiger partial charge in [-0.15, -0.1) is 0 Å². The molecular formula is C27H49NO3Si2. The van der Waals surface area contributed by atoms with Crippen LogP contribution in [0.4, 0.5) is 5.69 Å². The van der Waals surface area contributed by atoms with E-state index in [2.05, 4.69) is 79.9 Å². The fourth-order valence-corrected chi connectivity index (χ4v) is 6.77. The van der Waals surface area contributed by atoms with E-state index in [9.17, 15) is 0 Å². The van der Waals surface area contributed by atoms with Gasteiger partial charge in [-0.05, 0) is 85.6 Å². The molecule has 2 fully saturated rings. The number of rotatable bonds is 7. The monoisotopic (exact) mass is 491 g/mol. The predicted molar refractivity (Wildman–Crippen MR) is 145 cm³/mol. The van der Waals surface area contributed by atoms with Crippen molar-refractivity contribution in [3.8, 4) is 0 Å². The Morgan fingerprint density at radius 1 is 0.818 bits per heavy atom. The minimum Gasteiger partial charge on any atom is -0.414 e. The van der Waals surface area contributed by atoms with E-state index < -0.39 is 16.6 Å². The second-order valence-electron chi connectivity index (χ2n) is 13.8. The van der Waals surface area contributed by atoms with Crippen LogP contribution in [0, 0.1) is 0 Å². The number of fused-ring (bicyclic) bond motifs is 2. The molecule has 0 spiro atoms. The van der Waals surface area contributed by atoms with Crippen LogP contribution in [0.1, 0.15) is 78.7 Å². The zero-order chi connectivity index (χ0) is 24.9. The van der Waals surface area contributed by atoms with Gasteiger partial charge in [0.25, 0.3) is 0 Å². The summed E-state index contributed by atoms with van der Waals surface area (Å²) in [6.07, 6.45) is 4.11. The average molecular weight is 492 g/mol. The zero-order valence-corrected chi connectivity index (χ0v) is 24.9. The molecule has 1 unspecified atom stereocenters. The molecule has 2 aliphatic heterocycles. The highest BCUT2D eigenvalue weighted by Crippen LogP contribution is 2.55. The minimum absolute atomic E-state index is 0.190. The minimum atomic E-state index is -1.86. The lowest BCUT2D eigenvalue weighted by molar-refractivity contribution is -0.173. The SMILES string of the molecule is CC(C)(C)[Si](C)(C)OC[C@@]12CC[C@@](CO[Si](C)(C)C(C)(C)C)(CC(c3ccc(N)cc3)C1)O2. The molecule has 0 amide bonds. The summed E-state index contributed by atoms with van der Waals surface area (Å²) in [6, 6.07) is 8.47. The van der Waals surface area contributed by atoms with Gasteiger partial charge in [0.1, 0.15) is 0 Å². The lowest BCUT2D eigenvalue weighted by Crippen LogP contribution is -2.53. The first-order chi connectivity index (χ1) is 14.9. The first-order valence-electron chi connectivity index (χ1n) is 12.7. The Labute approximate surface area is 205 Å². The summed E-state index contributed by atoms with van der Waals surface area (Å²) in [4.78, 5) is 0. The van der Waals surface area contributed by atoms with Crippen molar-refractivity contribution in [1.29, 1.82) is 0 Å². The molecule has 0 aromatic heterocycles. The van der Waals surface area contributed by atoms with E-state index in [4.69, 9.17) is 19.3 Å². The van der Waals surface area contributed by atoms with Gasteiger partial charge < -0.3 is 19.3 Å². The molecule has 2 N–H and O–H groups in total. The number of ether oxygens (including phenoxy) is 1. The smallest absolute Gasteiger partial charge is 0.192 e. The van der Waals surface area contributed by atoms with Gasteiger partial charge in [-0.3, -0.25) is 0 Å². The highest BCUT2D eigenvalue weighted by atomic mass is 28.4. The van der Waals surface area contributed by atoms with Crippen molar-refractivity contribution in [3.63, 3.8) is 0 Å². The van der Waals surface area contributed by atoms with Gasteiger partial charge in [-0.1, -0.05) is 53.7 Å². The lowest BCUT2D eigenvalue weighted by atomic mass is 9.80. The third kappa shape index (κ3) is 5.77. The molecule has 2 heterocycles. The van der Waals surface area contributed by atoms with Crippen LogP contribution in [-0.4, -0.2) is 41.1 Å². The first-order valence-corrected chi connectivity index (χ1v) is 18.5. The maximum atomic E-state index is 7.03. The molecule has 188 valence electrons. The largest absolute Gasteiger partial charge is 0.414 e. The Morgan fingerprint density at radius 2 is 1.21 bits per heavy atom. The van der Waals surface area contributed by atoms with E-state index in [0.717, 1.165) is 31.4 Å². The molecule has 0 aliphatic carbocycles. The maximum absolute atomic E-state index is 7.03. The Bertz CT molecular complexity index is 779. The van der Waals surface area contributed by atoms with Crippen molar-refractivity contribution in [2.45, 2.75) is 121 Å². The van der Waals surface area contributed by atoms with Crippen LogP contribution in [0.5, 0.6) is 0 Å². The number of anilines is 1. The summed E-state index contributed by atoms with van der Waals surface area (Å²) in [5.74, 6) is 0.438. The van der Waals surface area contributed by atoms with Crippen LogP contribution in [0.25, 0.3) is 0 Å². The van der Waals surface area contributed by atoms with Gasteiger partial charge in [-0.2, -0.15) is 0 Å². The molecule has 2 saturated heterocycles. The van der Waals surface area contributed by atoms with Crippen molar-refractivity contribution in [3.05, 3.63) is 29.8 Å². The van der Waals surface area contributed by atoms with E-state index in [0.29, 0.717) is 19.1 Å². The van der Waals surface area contributed by atoms with Gasteiger partial charge >= 0.3 is 0 Å².